The Kier molecular flexibility index (Phi) is 5.67. The summed E-state index contributed by atoms with van der Waals surface area (Å²) in [6, 6.07) is 0.183. The molecule has 2 aliphatic rings. The van der Waals surface area contributed by atoms with Crippen LogP contribution in [0, 0.1) is 11.3 Å². The lowest BCUT2D eigenvalue weighted by molar-refractivity contribution is -0.161. The molecule has 2 saturated carbocycles. The van der Waals surface area contributed by atoms with Gasteiger partial charge < -0.3 is 14.8 Å². The number of esters is 1. The van der Waals surface area contributed by atoms with E-state index in [-0.39, 0.29) is 23.3 Å². The van der Waals surface area contributed by atoms with Crippen molar-refractivity contribution in [2.75, 3.05) is 13.7 Å². The van der Waals surface area contributed by atoms with Crippen LogP contribution in [-0.4, -0.2) is 37.9 Å². The molecule has 122 valence electrons. The van der Waals surface area contributed by atoms with Crippen molar-refractivity contribution in [2.45, 2.75) is 77.5 Å². The van der Waals surface area contributed by atoms with E-state index < -0.39 is 0 Å². The molecule has 2 rings (SSSR count). The molecule has 2 aliphatic carbocycles. The first-order chi connectivity index (χ1) is 10.0. The quantitative estimate of drug-likeness (QED) is 0.766. The fourth-order valence-electron chi connectivity index (χ4n) is 4.17. The highest BCUT2D eigenvalue weighted by atomic mass is 16.5. The van der Waals surface area contributed by atoms with Crippen LogP contribution in [-0.2, 0) is 14.3 Å². The largest absolute Gasteiger partial charge is 0.468 e. The van der Waals surface area contributed by atoms with Crippen molar-refractivity contribution in [3.8, 4) is 0 Å². The average Bonchev–Trinajstić information content (AvgIpc) is 2.50. The summed E-state index contributed by atoms with van der Waals surface area (Å²) in [5.41, 5.74) is 0.245. The van der Waals surface area contributed by atoms with Crippen molar-refractivity contribution in [3.05, 3.63) is 0 Å². The van der Waals surface area contributed by atoms with Gasteiger partial charge in [0.15, 0.2) is 0 Å². The maximum Gasteiger partial charge on any atom is 0.323 e. The van der Waals surface area contributed by atoms with Gasteiger partial charge in [-0.3, -0.25) is 4.79 Å². The van der Waals surface area contributed by atoms with Crippen molar-refractivity contribution in [1.82, 2.24) is 5.32 Å². The predicted octanol–water partition coefficient (Wildman–Crippen LogP) is 2.90. The van der Waals surface area contributed by atoms with Crippen LogP contribution in [0.3, 0.4) is 0 Å². The number of hydrogen-bond acceptors (Lipinski definition) is 4. The number of carbonyl (C=O) groups is 1. The first-order valence-electron chi connectivity index (χ1n) is 8.50. The minimum atomic E-state index is -0.207. The van der Waals surface area contributed by atoms with Gasteiger partial charge >= 0.3 is 5.97 Å². The maximum absolute atomic E-state index is 12.0. The molecule has 0 heterocycles. The zero-order valence-electron chi connectivity index (χ0n) is 14.0. The summed E-state index contributed by atoms with van der Waals surface area (Å²) in [6.07, 6.45) is 7.73. The summed E-state index contributed by atoms with van der Waals surface area (Å²) in [6.45, 7) is 6.99. The van der Waals surface area contributed by atoms with Gasteiger partial charge in [0.2, 0.25) is 0 Å². The molecule has 0 bridgehead atoms. The summed E-state index contributed by atoms with van der Waals surface area (Å²) in [5, 5.41) is 3.60. The van der Waals surface area contributed by atoms with Crippen molar-refractivity contribution in [2.24, 2.45) is 11.3 Å². The molecule has 0 radical (unpaired) electrons. The second-order valence-electron chi connectivity index (χ2n) is 6.94. The van der Waals surface area contributed by atoms with Crippen LogP contribution in [0.2, 0.25) is 0 Å². The molecule has 0 aromatic carbocycles. The molecule has 0 amide bonds. The Morgan fingerprint density at radius 3 is 2.48 bits per heavy atom. The summed E-state index contributed by atoms with van der Waals surface area (Å²) in [5.74, 6) is 0.0973. The first kappa shape index (κ1) is 16.8. The van der Waals surface area contributed by atoms with Gasteiger partial charge in [-0.15, -0.1) is 0 Å². The van der Waals surface area contributed by atoms with E-state index >= 15 is 0 Å². The molecule has 1 N–H and O–H groups in total. The zero-order valence-corrected chi connectivity index (χ0v) is 14.0. The van der Waals surface area contributed by atoms with Gasteiger partial charge in [-0.1, -0.05) is 33.1 Å². The van der Waals surface area contributed by atoms with E-state index in [0.717, 1.165) is 13.0 Å². The predicted molar refractivity (Wildman–Crippen MR) is 83.1 cm³/mol. The summed E-state index contributed by atoms with van der Waals surface area (Å²) < 4.78 is 10.9. The highest BCUT2D eigenvalue weighted by Gasteiger charge is 2.56. The first-order valence-corrected chi connectivity index (χ1v) is 8.50. The Balaban J connectivity index is 2.06. The summed E-state index contributed by atoms with van der Waals surface area (Å²) in [7, 11) is 1.47. The second kappa shape index (κ2) is 7.10. The van der Waals surface area contributed by atoms with Gasteiger partial charge in [0.25, 0.3) is 0 Å². The maximum atomic E-state index is 12.0. The van der Waals surface area contributed by atoms with Crippen LogP contribution >= 0.6 is 0 Å². The minimum Gasteiger partial charge on any atom is -0.468 e. The third-order valence-corrected chi connectivity index (χ3v) is 5.44. The Hall–Kier alpha value is -0.610. The molecule has 4 nitrogen and oxygen atoms in total. The van der Waals surface area contributed by atoms with E-state index in [2.05, 4.69) is 26.1 Å². The van der Waals surface area contributed by atoms with E-state index in [4.69, 9.17) is 9.47 Å². The van der Waals surface area contributed by atoms with Crippen molar-refractivity contribution < 1.29 is 14.3 Å². The Labute approximate surface area is 129 Å². The van der Waals surface area contributed by atoms with Crippen LogP contribution in [0.4, 0.5) is 0 Å². The van der Waals surface area contributed by atoms with E-state index in [0.29, 0.717) is 12.1 Å². The van der Waals surface area contributed by atoms with Crippen molar-refractivity contribution in [1.29, 1.82) is 0 Å². The zero-order chi connectivity index (χ0) is 15.5. The molecule has 0 aromatic heterocycles. The highest BCUT2D eigenvalue weighted by Crippen LogP contribution is 2.53. The molecule has 2 fully saturated rings. The molecule has 4 heteroatoms. The third kappa shape index (κ3) is 3.26. The van der Waals surface area contributed by atoms with Crippen LogP contribution < -0.4 is 5.32 Å². The monoisotopic (exact) mass is 297 g/mol. The second-order valence-corrected chi connectivity index (χ2v) is 6.94. The number of rotatable bonds is 6. The highest BCUT2D eigenvalue weighted by molar-refractivity contribution is 5.76. The van der Waals surface area contributed by atoms with Gasteiger partial charge in [-0.25, -0.2) is 0 Å². The van der Waals surface area contributed by atoms with Gasteiger partial charge in [-0.05, 0) is 32.1 Å². The Morgan fingerprint density at radius 2 is 1.95 bits per heavy atom. The molecule has 0 aliphatic heterocycles. The Bertz CT molecular complexity index is 350. The van der Waals surface area contributed by atoms with E-state index in [9.17, 15) is 4.79 Å². The van der Waals surface area contributed by atoms with E-state index in [1.165, 1.54) is 39.2 Å². The SMILES string of the molecule is CCOC1CC(N[C@H](C(=O)OC)C(C)C)C12CCCCC2. The molecular formula is C17H31NO3. The fraction of sp³-hybridized carbons (Fsp3) is 0.941. The number of carbonyl (C=O) groups excluding carboxylic acids is 1. The lowest BCUT2D eigenvalue weighted by Crippen LogP contribution is -2.67. The van der Waals surface area contributed by atoms with E-state index in [1.54, 1.807) is 0 Å². The molecule has 2 unspecified atom stereocenters. The minimum absolute atomic E-state index is 0.143. The van der Waals surface area contributed by atoms with Crippen molar-refractivity contribution in [3.63, 3.8) is 0 Å². The average molecular weight is 297 g/mol. The van der Waals surface area contributed by atoms with Gasteiger partial charge in [0.05, 0.1) is 13.2 Å². The van der Waals surface area contributed by atoms with E-state index in [1.807, 2.05) is 0 Å². The van der Waals surface area contributed by atoms with Crippen LogP contribution in [0.25, 0.3) is 0 Å². The van der Waals surface area contributed by atoms with Crippen molar-refractivity contribution >= 4 is 5.97 Å². The standard InChI is InChI=1S/C17H31NO3/c1-5-21-14-11-13(17(14)9-7-6-8-10-17)18-15(12(2)3)16(19)20-4/h12-15,18H,5-11H2,1-4H3/t13?,14?,15-/m0/s1. The molecule has 21 heavy (non-hydrogen) atoms. The topological polar surface area (TPSA) is 47.6 Å². The summed E-state index contributed by atoms with van der Waals surface area (Å²) in [4.78, 5) is 12.0. The molecule has 0 saturated heterocycles. The number of nitrogens with one attached hydrogen (secondary N) is 1. The lowest BCUT2D eigenvalue weighted by atomic mass is 9.55. The lowest BCUT2D eigenvalue weighted by Gasteiger charge is -2.58. The van der Waals surface area contributed by atoms with Crippen LogP contribution in [0.5, 0.6) is 0 Å². The molecule has 1 spiro atoms. The van der Waals surface area contributed by atoms with Gasteiger partial charge in [0.1, 0.15) is 6.04 Å². The smallest absolute Gasteiger partial charge is 0.323 e. The molecular weight excluding hydrogens is 266 g/mol. The van der Waals surface area contributed by atoms with Crippen LogP contribution in [0.1, 0.15) is 59.3 Å². The third-order valence-electron chi connectivity index (χ3n) is 5.44. The molecule has 0 aromatic rings. The van der Waals surface area contributed by atoms with Crippen LogP contribution in [0.15, 0.2) is 0 Å². The normalized spacial score (nSPS) is 29.2. The number of hydrogen-bond donors (Lipinski definition) is 1. The Morgan fingerprint density at radius 1 is 1.29 bits per heavy atom. The number of ether oxygens (including phenoxy) is 2. The van der Waals surface area contributed by atoms with Gasteiger partial charge in [0, 0.05) is 18.1 Å². The van der Waals surface area contributed by atoms with Gasteiger partial charge in [-0.2, -0.15) is 0 Å². The molecule has 3 atom stereocenters. The summed E-state index contributed by atoms with van der Waals surface area (Å²) >= 11 is 0. The number of methoxy groups -OCH3 is 1. The fourth-order valence-corrected chi connectivity index (χ4v) is 4.17.